The highest BCUT2D eigenvalue weighted by atomic mass is 32.2. The van der Waals surface area contributed by atoms with Crippen molar-refractivity contribution in [1.29, 1.82) is 0 Å². The van der Waals surface area contributed by atoms with Crippen LogP contribution in [0.3, 0.4) is 0 Å². The molecule has 2 fully saturated rings. The molecule has 2 aliphatic heterocycles. The first-order chi connectivity index (χ1) is 17.0. The number of likely N-dealkylation sites (tertiary alicyclic amines) is 1. The van der Waals surface area contributed by atoms with Crippen LogP contribution in [0.5, 0.6) is 5.75 Å². The van der Waals surface area contributed by atoms with Gasteiger partial charge in [-0.2, -0.15) is 0 Å². The van der Waals surface area contributed by atoms with Crippen LogP contribution < -0.4 is 4.74 Å². The minimum atomic E-state index is -0.340. The normalized spacial score (nSPS) is 21.5. The Balaban J connectivity index is 1.49. The van der Waals surface area contributed by atoms with Gasteiger partial charge in [-0.3, -0.25) is 9.69 Å². The number of carbonyl (C=O) groups is 2. The van der Waals surface area contributed by atoms with Gasteiger partial charge in [-0.15, -0.1) is 11.8 Å². The number of hydrogen-bond acceptors (Lipinski definition) is 7. The molecule has 35 heavy (non-hydrogen) atoms. The van der Waals surface area contributed by atoms with E-state index in [2.05, 4.69) is 33.9 Å². The number of nitrogens with zero attached hydrogens (tertiary/aromatic N) is 3. The third kappa shape index (κ3) is 6.57. The summed E-state index contributed by atoms with van der Waals surface area (Å²) in [7, 11) is 5.18. The predicted molar refractivity (Wildman–Crippen MR) is 138 cm³/mol. The van der Waals surface area contributed by atoms with Crippen LogP contribution in [-0.4, -0.2) is 91.9 Å². The Morgan fingerprint density at radius 2 is 1.71 bits per heavy atom. The van der Waals surface area contributed by atoms with E-state index in [1.165, 1.54) is 12.0 Å². The van der Waals surface area contributed by atoms with Crippen LogP contribution in [0.15, 0.2) is 53.4 Å². The highest BCUT2D eigenvalue weighted by Gasteiger charge is 2.39. The minimum Gasteiger partial charge on any atom is -0.497 e. The molecule has 0 spiro atoms. The number of esters is 1. The molecule has 188 valence electrons. The fourth-order valence-corrected chi connectivity index (χ4v) is 6.02. The third-order valence-electron chi connectivity index (χ3n) is 6.80. The Morgan fingerprint density at radius 1 is 0.971 bits per heavy atom. The second-order valence-electron chi connectivity index (χ2n) is 9.27. The van der Waals surface area contributed by atoms with Gasteiger partial charge in [-0.25, -0.2) is 4.79 Å². The lowest BCUT2D eigenvalue weighted by Gasteiger charge is -2.29. The summed E-state index contributed by atoms with van der Waals surface area (Å²) in [5.41, 5.74) is 1.62. The van der Waals surface area contributed by atoms with Crippen molar-refractivity contribution >= 4 is 23.6 Å². The molecule has 0 aliphatic carbocycles. The van der Waals surface area contributed by atoms with Crippen LogP contribution in [0.2, 0.25) is 0 Å². The zero-order valence-corrected chi connectivity index (χ0v) is 21.6. The van der Waals surface area contributed by atoms with Gasteiger partial charge in [0.2, 0.25) is 5.91 Å². The Bertz CT molecular complexity index is 998. The fourth-order valence-electron chi connectivity index (χ4n) is 4.80. The average molecular weight is 498 g/mol. The zero-order chi connectivity index (χ0) is 24.8. The zero-order valence-electron chi connectivity index (χ0n) is 20.8. The number of likely N-dealkylation sites (N-methyl/N-ethyl adjacent to an activating group) is 1. The van der Waals surface area contributed by atoms with Gasteiger partial charge in [0.1, 0.15) is 5.75 Å². The SMILES string of the molecule is COC(=O)c1ccc(CN2C[C@H](Sc3ccc(OC)cc3)C[C@H]2C(=O)N2CCCN(C)CC2)cc1. The van der Waals surface area contributed by atoms with E-state index >= 15 is 0 Å². The van der Waals surface area contributed by atoms with Crippen LogP contribution in [0.1, 0.15) is 28.8 Å². The summed E-state index contributed by atoms with van der Waals surface area (Å²) in [4.78, 5) is 33.3. The van der Waals surface area contributed by atoms with E-state index in [0.717, 1.165) is 56.9 Å². The van der Waals surface area contributed by atoms with Crippen LogP contribution in [-0.2, 0) is 16.1 Å². The Labute approximate surface area is 212 Å². The molecule has 2 heterocycles. The number of rotatable bonds is 7. The maximum atomic E-state index is 13.7. The highest BCUT2D eigenvalue weighted by Crippen LogP contribution is 2.35. The lowest BCUT2D eigenvalue weighted by atomic mass is 10.1. The number of benzene rings is 2. The molecule has 1 amide bonds. The smallest absolute Gasteiger partial charge is 0.337 e. The molecular formula is C27H35N3O4S. The first-order valence-electron chi connectivity index (χ1n) is 12.2. The van der Waals surface area contributed by atoms with E-state index in [1.807, 2.05) is 36.0 Å². The molecule has 0 N–H and O–H groups in total. The van der Waals surface area contributed by atoms with Crippen molar-refractivity contribution in [2.75, 3.05) is 54.0 Å². The predicted octanol–water partition coefficient (Wildman–Crippen LogP) is 3.38. The number of hydrogen-bond donors (Lipinski definition) is 0. The van der Waals surface area contributed by atoms with E-state index in [1.54, 1.807) is 19.2 Å². The van der Waals surface area contributed by atoms with Gasteiger partial charge in [-0.05, 0) is 68.4 Å². The lowest BCUT2D eigenvalue weighted by Crippen LogP contribution is -2.46. The summed E-state index contributed by atoms with van der Waals surface area (Å²) in [5, 5.41) is 0.321. The number of methoxy groups -OCH3 is 2. The monoisotopic (exact) mass is 497 g/mol. The molecule has 0 unspecified atom stereocenters. The van der Waals surface area contributed by atoms with Crippen molar-refractivity contribution in [2.45, 2.75) is 35.6 Å². The van der Waals surface area contributed by atoms with E-state index in [0.29, 0.717) is 17.4 Å². The van der Waals surface area contributed by atoms with Crippen LogP contribution in [0.4, 0.5) is 0 Å². The van der Waals surface area contributed by atoms with E-state index in [4.69, 9.17) is 9.47 Å². The number of thioether (sulfide) groups is 1. The number of ether oxygens (including phenoxy) is 2. The molecule has 0 bridgehead atoms. The molecule has 2 aromatic carbocycles. The largest absolute Gasteiger partial charge is 0.497 e. The third-order valence-corrected chi connectivity index (χ3v) is 8.02. The molecule has 7 nitrogen and oxygen atoms in total. The van der Waals surface area contributed by atoms with Crippen molar-refractivity contribution in [3.05, 3.63) is 59.7 Å². The van der Waals surface area contributed by atoms with Crippen LogP contribution in [0, 0.1) is 0 Å². The average Bonchev–Trinajstić information content (AvgIpc) is 3.13. The quantitative estimate of drug-likeness (QED) is 0.544. The molecule has 2 atom stereocenters. The number of carbonyl (C=O) groups excluding carboxylic acids is 2. The Hall–Kier alpha value is -2.55. The Morgan fingerprint density at radius 3 is 2.40 bits per heavy atom. The Kier molecular flexibility index (Phi) is 8.70. The van der Waals surface area contributed by atoms with Crippen molar-refractivity contribution in [3.63, 3.8) is 0 Å². The highest BCUT2D eigenvalue weighted by molar-refractivity contribution is 8.00. The van der Waals surface area contributed by atoms with Gasteiger partial charge in [0.25, 0.3) is 0 Å². The van der Waals surface area contributed by atoms with Crippen molar-refractivity contribution in [2.24, 2.45) is 0 Å². The van der Waals surface area contributed by atoms with E-state index in [9.17, 15) is 9.59 Å². The maximum absolute atomic E-state index is 13.7. The minimum absolute atomic E-state index is 0.144. The first kappa shape index (κ1) is 25.5. The van der Waals surface area contributed by atoms with Gasteiger partial charge in [-0.1, -0.05) is 12.1 Å². The summed E-state index contributed by atoms with van der Waals surface area (Å²) in [5.74, 6) is 0.745. The molecule has 8 heteroatoms. The van der Waals surface area contributed by atoms with Crippen molar-refractivity contribution in [3.8, 4) is 5.75 Å². The standard InChI is InChI=1S/C27H35N3O4S/c1-28-13-4-14-29(16-15-28)26(31)25-17-24(35-23-11-9-22(33-2)10-12-23)19-30(25)18-20-5-7-21(8-6-20)27(32)34-3/h5-12,24-25H,4,13-19H2,1-3H3/t24-,25+/m1/s1. The molecule has 4 rings (SSSR count). The molecule has 0 aromatic heterocycles. The van der Waals surface area contributed by atoms with Crippen LogP contribution >= 0.6 is 11.8 Å². The van der Waals surface area contributed by atoms with Crippen molar-refractivity contribution < 1.29 is 19.1 Å². The number of amides is 1. The van der Waals surface area contributed by atoms with Crippen molar-refractivity contribution in [1.82, 2.24) is 14.7 Å². The summed E-state index contributed by atoms with van der Waals surface area (Å²) < 4.78 is 10.1. The molecule has 2 aromatic rings. The molecule has 0 radical (unpaired) electrons. The van der Waals surface area contributed by atoms with E-state index in [-0.39, 0.29) is 17.9 Å². The molecule has 2 aliphatic rings. The summed E-state index contributed by atoms with van der Waals surface area (Å²) in [6.45, 7) is 5.05. The van der Waals surface area contributed by atoms with E-state index < -0.39 is 0 Å². The van der Waals surface area contributed by atoms with Gasteiger partial charge >= 0.3 is 5.97 Å². The van der Waals surface area contributed by atoms with Gasteiger partial charge in [0.15, 0.2) is 0 Å². The fraction of sp³-hybridized carbons (Fsp3) is 0.481. The molecular weight excluding hydrogens is 462 g/mol. The lowest BCUT2D eigenvalue weighted by molar-refractivity contribution is -0.136. The topological polar surface area (TPSA) is 62.3 Å². The van der Waals surface area contributed by atoms with Gasteiger partial charge in [0, 0.05) is 42.9 Å². The summed E-state index contributed by atoms with van der Waals surface area (Å²) >= 11 is 1.83. The maximum Gasteiger partial charge on any atom is 0.337 e. The summed E-state index contributed by atoms with van der Waals surface area (Å²) in [6, 6.07) is 15.5. The second kappa shape index (κ2) is 11.9. The first-order valence-corrected chi connectivity index (χ1v) is 13.0. The van der Waals surface area contributed by atoms with Gasteiger partial charge < -0.3 is 19.3 Å². The second-order valence-corrected chi connectivity index (χ2v) is 10.6. The van der Waals surface area contributed by atoms with Crippen LogP contribution in [0.25, 0.3) is 0 Å². The molecule has 2 saturated heterocycles. The summed E-state index contributed by atoms with van der Waals surface area (Å²) in [6.07, 6.45) is 1.83. The molecule has 0 saturated carbocycles. The van der Waals surface area contributed by atoms with Gasteiger partial charge in [0.05, 0.1) is 25.8 Å².